The lowest BCUT2D eigenvalue weighted by molar-refractivity contribution is 0.198. The van der Waals surface area contributed by atoms with Gasteiger partial charge in [-0.15, -0.1) is 10.2 Å². The molecule has 0 saturated carbocycles. The molecule has 2 aliphatic rings. The molecule has 7 nitrogen and oxygen atoms in total. The molecule has 0 atom stereocenters. The lowest BCUT2D eigenvalue weighted by atomic mass is 10.0. The average Bonchev–Trinajstić information content (AvgIpc) is 3.03. The number of aromatic nitrogens is 3. The standard InChI is InChI=1S/C24H37N7/c1-25-24(26-15-8-12-23-29-28-22-11-6-3-7-16-31(22)23)27-21-13-17-30(18-14-21)19-20-9-4-2-5-10-20/h2,4-5,9-10,21H,3,6-8,11-19H2,1H3,(H2,25,26,27). The number of fused-ring (bicyclic) bond motifs is 1. The van der Waals surface area contributed by atoms with Crippen molar-refractivity contribution in [3.05, 3.63) is 47.5 Å². The van der Waals surface area contributed by atoms with Crippen LogP contribution in [-0.2, 0) is 25.9 Å². The van der Waals surface area contributed by atoms with Crippen molar-refractivity contribution in [2.45, 2.75) is 70.5 Å². The Hall–Kier alpha value is -2.41. The third-order valence-corrected chi connectivity index (χ3v) is 6.46. The van der Waals surface area contributed by atoms with Crippen molar-refractivity contribution in [1.82, 2.24) is 30.3 Å². The van der Waals surface area contributed by atoms with Crippen molar-refractivity contribution < 1.29 is 0 Å². The molecular weight excluding hydrogens is 386 g/mol. The van der Waals surface area contributed by atoms with E-state index in [0.717, 1.165) is 76.6 Å². The minimum Gasteiger partial charge on any atom is -0.356 e. The molecule has 1 saturated heterocycles. The Morgan fingerprint density at radius 1 is 1.06 bits per heavy atom. The Morgan fingerprint density at radius 2 is 1.90 bits per heavy atom. The van der Waals surface area contributed by atoms with Gasteiger partial charge in [0.15, 0.2) is 5.96 Å². The molecule has 2 N–H and O–H groups in total. The molecule has 3 heterocycles. The van der Waals surface area contributed by atoms with Crippen LogP contribution in [-0.4, -0.2) is 58.3 Å². The van der Waals surface area contributed by atoms with Crippen molar-refractivity contribution in [1.29, 1.82) is 0 Å². The van der Waals surface area contributed by atoms with Crippen LogP contribution in [0.4, 0.5) is 0 Å². The molecule has 2 aliphatic heterocycles. The van der Waals surface area contributed by atoms with Crippen LogP contribution in [0.2, 0.25) is 0 Å². The highest BCUT2D eigenvalue weighted by Gasteiger charge is 2.20. The van der Waals surface area contributed by atoms with E-state index in [2.05, 4.69) is 65.6 Å². The van der Waals surface area contributed by atoms with Gasteiger partial charge in [-0.1, -0.05) is 36.8 Å². The number of hydrogen-bond acceptors (Lipinski definition) is 4. The number of nitrogens with one attached hydrogen (secondary N) is 2. The number of guanidine groups is 1. The van der Waals surface area contributed by atoms with Gasteiger partial charge in [0.1, 0.15) is 11.6 Å². The molecule has 0 amide bonds. The predicted molar refractivity (Wildman–Crippen MR) is 125 cm³/mol. The second-order valence-electron chi connectivity index (χ2n) is 8.78. The third-order valence-electron chi connectivity index (χ3n) is 6.46. The van der Waals surface area contributed by atoms with E-state index >= 15 is 0 Å². The molecule has 1 fully saturated rings. The average molecular weight is 424 g/mol. The molecule has 168 valence electrons. The van der Waals surface area contributed by atoms with Crippen LogP contribution in [0.15, 0.2) is 35.3 Å². The van der Waals surface area contributed by atoms with E-state index in [9.17, 15) is 0 Å². The van der Waals surface area contributed by atoms with Gasteiger partial charge in [-0.05, 0) is 37.7 Å². The molecule has 0 spiro atoms. The summed E-state index contributed by atoms with van der Waals surface area (Å²) in [6.45, 7) is 5.28. The van der Waals surface area contributed by atoms with Crippen LogP contribution in [0.3, 0.4) is 0 Å². The van der Waals surface area contributed by atoms with Crippen molar-refractivity contribution in [2.75, 3.05) is 26.7 Å². The van der Waals surface area contributed by atoms with Crippen LogP contribution in [0.25, 0.3) is 0 Å². The topological polar surface area (TPSA) is 70.4 Å². The number of piperidine rings is 1. The quantitative estimate of drug-likeness (QED) is 0.407. The maximum absolute atomic E-state index is 4.44. The van der Waals surface area contributed by atoms with Gasteiger partial charge in [-0.3, -0.25) is 9.89 Å². The largest absolute Gasteiger partial charge is 0.356 e. The van der Waals surface area contributed by atoms with Gasteiger partial charge in [0.05, 0.1) is 0 Å². The summed E-state index contributed by atoms with van der Waals surface area (Å²) in [5.41, 5.74) is 1.40. The van der Waals surface area contributed by atoms with E-state index in [1.165, 1.54) is 30.7 Å². The van der Waals surface area contributed by atoms with E-state index in [1.54, 1.807) is 0 Å². The van der Waals surface area contributed by atoms with Gasteiger partial charge in [0.2, 0.25) is 0 Å². The molecule has 1 aromatic heterocycles. The summed E-state index contributed by atoms with van der Waals surface area (Å²) in [6, 6.07) is 11.3. The molecule has 0 bridgehead atoms. The summed E-state index contributed by atoms with van der Waals surface area (Å²) in [5.74, 6) is 3.24. The monoisotopic (exact) mass is 423 g/mol. The second kappa shape index (κ2) is 11.3. The van der Waals surface area contributed by atoms with Crippen molar-refractivity contribution in [3.63, 3.8) is 0 Å². The lowest BCUT2D eigenvalue weighted by Crippen LogP contribution is -2.48. The Morgan fingerprint density at radius 3 is 2.71 bits per heavy atom. The minimum atomic E-state index is 0.491. The molecule has 4 rings (SSSR count). The molecule has 7 heteroatoms. The van der Waals surface area contributed by atoms with Crippen LogP contribution in [0.5, 0.6) is 0 Å². The fourth-order valence-corrected chi connectivity index (χ4v) is 4.65. The Labute approximate surface area is 186 Å². The van der Waals surface area contributed by atoms with E-state index < -0.39 is 0 Å². The van der Waals surface area contributed by atoms with Gasteiger partial charge in [-0.25, -0.2) is 0 Å². The fraction of sp³-hybridized carbons (Fsp3) is 0.625. The predicted octanol–water partition coefficient (Wildman–Crippen LogP) is 2.77. The smallest absolute Gasteiger partial charge is 0.191 e. The number of likely N-dealkylation sites (tertiary alicyclic amines) is 1. The number of aryl methyl sites for hydroxylation is 2. The third kappa shape index (κ3) is 6.29. The maximum atomic E-state index is 4.44. The molecular formula is C24H37N7. The summed E-state index contributed by atoms with van der Waals surface area (Å²) < 4.78 is 2.35. The molecule has 31 heavy (non-hydrogen) atoms. The number of hydrogen-bond donors (Lipinski definition) is 2. The first-order valence-corrected chi connectivity index (χ1v) is 12.0. The Balaban J connectivity index is 1.15. The molecule has 0 aliphatic carbocycles. The zero-order chi connectivity index (χ0) is 21.3. The molecule has 0 radical (unpaired) electrons. The highest BCUT2D eigenvalue weighted by molar-refractivity contribution is 5.79. The lowest BCUT2D eigenvalue weighted by Gasteiger charge is -2.33. The maximum Gasteiger partial charge on any atom is 0.191 e. The number of rotatable bonds is 7. The van der Waals surface area contributed by atoms with E-state index in [-0.39, 0.29) is 0 Å². The highest BCUT2D eigenvalue weighted by atomic mass is 15.3. The molecule has 1 aromatic carbocycles. The summed E-state index contributed by atoms with van der Waals surface area (Å²) in [7, 11) is 1.86. The van der Waals surface area contributed by atoms with E-state index in [1.807, 2.05) is 7.05 Å². The first-order valence-electron chi connectivity index (χ1n) is 12.0. The number of nitrogens with zero attached hydrogens (tertiary/aromatic N) is 5. The first-order chi connectivity index (χ1) is 15.3. The minimum absolute atomic E-state index is 0.491. The van der Waals surface area contributed by atoms with Crippen molar-refractivity contribution >= 4 is 5.96 Å². The first kappa shape index (κ1) is 21.8. The van der Waals surface area contributed by atoms with Crippen LogP contribution in [0.1, 0.15) is 55.7 Å². The SMILES string of the molecule is CN=C(NCCCc1nnc2n1CCCCC2)NC1CCN(Cc2ccccc2)CC1. The zero-order valence-corrected chi connectivity index (χ0v) is 18.9. The molecule has 2 aromatic rings. The fourth-order valence-electron chi connectivity index (χ4n) is 4.65. The van der Waals surface area contributed by atoms with Crippen LogP contribution >= 0.6 is 0 Å². The van der Waals surface area contributed by atoms with Gasteiger partial charge in [0.25, 0.3) is 0 Å². The van der Waals surface area contributed by atoms with Gasteiger partial charge in [-0.2, -0.15) is 0 Å². The van der Waals surface area contributed by atoms with Gasteiger partial charge in [0, 0.05) is 58.7 Å². The zero-order valence-electron chi connectivity index (χ0n) is 18.9. The van der Waals surface area contributed by atoms with Crippen molar-refractivity contribution in [2.24, 2.45) is 4.99 Å². The normalized spacial score (nSPS) is 18.4. The number of benzene rings is 1. The summed E-state index contributed by atoms with van der Waals surface area (Å²) >= 11 is 0. The Kier molecular flexibility index (Phi) is 7.93. The van der Waals surface area contributed by atoms with Gasteiger partial charge >= 0.3 is 0 Å². The Bertz CT molecular complexity index is 822. The summed E-state index contributed by atoms with van der Waals surface area (Å²) in [5, 5.41) is 16.0. The van der Waals surface area contributed by atoms with Crippen LogP contribution in [0, 0.1) is 0 Å². The number of aliphatic imine (C=N–C) groups is 1. The van der Waals surface area contributed by atoms with E-state index in [0.29, 0.717) is 6.04 Å². The summed E-state index contributed by atoms with van der Waals surface area (Å²) in [6.07, 6.45) is 9.18. The van der Waals surface area contributed by atoms with Crippen molar-refractivity contribution in [3.8, 4) is 0 Å². The molecule has 0 unspecified atom stereocenters. The van der Waals surface area contributed by atoms with Gasteiger partial charge < -0.3 is 15.2 Å². The highest BCUT2D eigenvalue weighted by Crippen LogP contribution is 2.16. The summed E-state index contributed by atoms with van der Waals surface area (Å²) in [4.78, 5) is 6.98. The van der Waals surface area contributed by atoms with E-state index in [4.69, 9.17) is 0 Å². The second-order valence-corrected chi connectivity index (χ2v) is 8.78. The van der Waals surface area contributed by atoms with Crippen LogP contribution < -0.4 is 10.6 Å².